The maximum Gasteiger partial charge on any atom is 0.239 e. The van der Waals surface area contributed by atoms with Gasteiger partial charge >= 0.3 is 0 Å². The second kappa shape index (κ2) is 9.53. The van der Waals surface area contributed by atoms with Gasteiger partial charge in [-0.2, -0.15) is 0 Å². The Morgan fingerprint density at radius 2 is 1.68 bits per heavy atom. The molecule has 1 aromatic carbocycles. The maximum atomic E-state index is 12.6. The van der Waals surface area contributed by atoms with Gasteiger partial charge in [-0.1, -0.05) is 30.3 Å². The van der Waals surface area contributed by atoms with Gasteiger partial charge in [0.1, 0.15) is 0 Å². The molecule has 2 unspecified atom stereocenters. The number of likely N-dealkylation sites (tertiary alicyclic amines) is 1. The molecule has 1 aromatic rings. The number of benzene rings is 1. The fourth-order valence-electron chi connectivity index (χ4n) is 3.85. The highest BCUT2D eigenvalue weighted by atomic mass is 35.5. The monoisotopic (exact) mass is 368 g/mol. The molecule has 140 valence electrons. The zero-order chi connectivity index (χ0) is 16.9. The van der Waals surface area contributed by atoms with Crippen molar-refractivity contribution < 1.29 is 14.6 Å². The average molecular weight is 369 g/mol. The second-order valence-corrected chi connectivity index (χ2v) is 6.99. The Morgan fingerprint density at radius 3 is 2.28 bits per heavy atom. The molecule has 3 N–H and O–H groups in total. The fourth-order valence-corrected chi connectivity index (χ4v) is 3.85. The number of nitrogens with zero attached hydrogens (tertiary/aromatic N) is 1. The number of aliphatic hydroxyl groups is 1. The highest BCUT2D eigenvalue weighted by Gasteiger charge is 2.33. The van der Waals surface area contributed by atoms with Gasteiger partial charge in [0, 0.05) is 26.3 Å². The standard InChI is InChI=1S/C19H28N2O3.ClH/c20-17(14-8-12-24-13-9-14)19(23)21-10-6-16(7-11-21)18(22)15-4-2-1-3-5-15;/h1-5,14,16-18,22H,6-13,20H2;1H. The summed E-state index contributed by atoms with van der Waals surface area (Å²) in [6.45, 7) is 2.78. The molecule has 5 nitrogen and oxygen atoms in total. The zero-order valence-corrected chi connectivity index (χ0v) is 15.4. The van der Waals surface area contributed by atoms with Crippen LogP contribution < -0.4 is 5.73 Å². The number of rotatable bonds is 4. The minimum atomic E-state index is -0.451. The molecule has 25 heavy (non-hydrogen) atoms. The molecule has 1 amide bonds. The summed E-state index contributed by atoms with van der Waals surface area (Å²) in [6, 6.07) is 9.36. The minimum Gasteiger partial charge on any atom is -0.388 e. The van der Waals surface area contributed by atoms with Gasteiger partial charge in [-0.25, -0.2) is 0 Å². The van der Waals surface area contributed by atoms with Crippen molar-refractivity contribution in [2.24, 2.45) is 17.6 Å². The van der Waals surface area contributed by atoms with E-state index < -0.39 is 12.1 Å². The van der Waals surface area contributed by atoms with E-state index in [0.717, 1.165) is 31.2 Å². The lowest BCUT2D eigenvalue weighted by molar-refractivity contribution is -0.136. The topological polar surface area (TPSA) is 75.8 Å². The lowest BCUT2D eigenvalue weighted by Crippen LogP contribution is -2.51. The van der Waals surface area contributed by atoms with Gasteiger partial charge in [-0.15, -0.1) is 12.4 Å². The quantitative estimate of drug-likeness (QED) is 0.853. The number of ether oxygens (including phenoxy) is 1. The molecule has 6 heteroatoms. The molecule has 2 saturated heterocycles. The smallest absolute Gasteiger partial charge is 0.239 e. The largest absolute Gasteiger partial charge is 0.388 e. The molecule has 0 saturated carbocycles. The lowest BCUT2D eigenvalue weighted by Gasteiger charge is -2.37. The lowest BCUT2D eigenvalue weighted by atomic mass is 9.86. The van der Waals surface area contributed by atoms with Crippen molar-refractivity contribution in [1.82, 2.24) is 4.90 Å². The number of piperidine rings is 1. The van der Waals surface area contributed by atoms with Gasteiger partial charge in [0.25, 0.3) is 0 Å². The molecule has 2 fully saturated rings. The molecule has 0 spiro atoms. The Hall–Kier alpha value is -1.14. The summed E-state index contributed by atoms with van der Waals surface area (Å²) < 4.78 is 5.35. The number of carbonyl (C=O) groups is 1. The highest BCUT2D eigenvalue weighted by molar-refractivity contribution is 5.85. The third-order valence-electron chi connectivity index (χ3n) is 5.50. The Labute approximate surface area is 155 Å². The molecule has 2 aliphatic heterocycles. The molecule has 2 heterocycles. The zero-order valence-electron chi connectivity index (χ0n) is 14.5. The molecule has 0 bridgehead atoms. The van der Waals surface area contributed by atoms with Crippen LogP contribution in [0.25, 0.3) is 0 Å². The van der Waals surface area contributed by atoms with Crippen molar-refractivity contribution >= 4 is 18.3 Å². The second-order valence-electron chi connectivity index (χ2n) is 6.99. The van der Waals surface area contributed by atoms with E-state index >= 15 is 0 Å². The normalized spacial score (nSPS) is 22.1. The minimum absolute atomic E-state index is 0. The van der Waals surface area contributed by atoms with E-state index in [0.29, 0.717) is 26.3 Å². The molecule has 0 aliphatic carbocycles. The van der Waals surface area contributed by atoms with Gasteiger partial charge in [0.05, 0.1) is 12.1 Å². The first-order valence-corrected chi connectivity index (χ1v) is 9.02. The van der Waals surface area contributed by atoms with Crippen molar-refractivity contribution in [3.8, 4) is 0 Å². The summed E-state index contributed by atoms with van der Waals surface area (Å²) in [5.41, 5.74) is 7.17. The molecule has 2 atom stereocenters. The van der Waals surface area contributed by atoms with Crippen LogP contribution in [0.5, 0.6) is 0 Å². The average Bonchev–Trinajstić information content (AvgIpc) is 2.68. The number of hydrogen-bond acceptors (Lipinski definition) is 4. The molecule has 2 aliphatic rings. The van der Waals surface area contributed by atoms with Gasteiger partial charge in [0.2, 0.25) is 5.91 Å². The first kappa shape index (κ1) is 20.2. The van der Waals surface area contributed by atoms with Crippen LogP contribution in [-0.2, 0) is 9.53 Å². The predicted molar refractivity (Wildman–Crippen MR) is 99.5 cm³/mol. The summed E-state index contributed by atoms with van der Waals surface area (Å²) in [4.78, 5) is 14.5. The van der Waals surface area contributed by atoms with Gasteiger partial charge in [-0.3, -0.25) is 4.79 Å². The SMILES string of the molecule is Cl.NC(C(=O)N1CCC(C(O)c2ccccc2)CC1)C1CCOCC1. The Kier molecular flexibility index (Phi) is 7.69. The van der Waals surface area contributed by atoms with Crippen molar-refractivity contribution in [3.63, 3.8) is 0 Å². The first-order valence-electron chi connectivity index (χ1n) is 9.02. The summed E-state index contributed by atoms with van der Waals surface area (Å²) in [7, 11) is 0. The molecular weight excluding hydrogens is 340 g/mol. The van der Waals surface area contributed by atoms with Crippen LogP contribution in [0.3, 0.4) is 0 Å². The van der Waals surface area contributed by atoms with E-state index in [1.807, 2.05) is 35.2 Å². The Bertz CT molecular complexity index is 529. The number of carbonyl (C=O) groups excluding carboxylic acids is 1. The summed E-state index contributed by atoms with van der Waals surface area (Å²) in [5.74, 6) is 0.504. The van der Waals surface area contributed by atoms with Crippen LogP contribution in [0.4, 0.5) is 0 Å². The summed E-state index contributed by atoms with van der Waals surface area (Å²) in [5, 5.41) is 10.5. The number of halogens is 1. The summed E-state index contributed by atoms with van der Waals surface area (Å²) >= 11 is 0. The van der Waals surface area contributed by atoms with E-state index in [9.17, 15) is 9.90 Å². The van der Waals surface area contributed by atoms with E-state index in [-0.39, 0.29) is 30.2 Å². The number of nitrogens with two attached hydrogens (primary N) is 1. The van der Waals surface area contributed by atoms with Crippen LogP contribution in [0.1, 0.15) is 37.4 Å². The van der Waals surface area contributed by atoms with Crippen molar-refractivity contribution in [1.29, 1.82) is 0 Å². The van der Waals surface area contributed by atoms with Crippen LogP contribution in [0.15, 0.2) is 30.3 Å². The van der Waals surface area contributed by atoms with Crippen molar-refractivity contribution in [2.75, 3.05) is 26.3 Å². The van der Waals surface area contributed by atoms with Crippen molar-refractivity contribution in [3.05, 3.63) is 35.9 Å². The molecular formula is C19H29ClN2O3. The van der Waals surface area contributed by atoms with E-state index in [1.165, 1.54) is 0 Å². The van der Waals surface area contributed by atoms with Gasteiger partial charge < -0.3 is 20.5 Å². The third-order valence-corrected chi connectivity index (χ3v) is 5.50. The Balaban J connectivity index is 0.00000225. The van der Waals surface area contributed by atoms with Gasteiger partial charge in [-0.05, 0) is 43.1 Å². The van der Waals surface area contributed by atoms with Crippen LogP contribution in [0.2, 0.25) is 0 Å². The molecule has 0 radical (unpaired) electrons. The predicted octanol–water partition coefficient (Wildman–Crippen LogP) is 2.13. The van der Waals surface area contributed by atoms with Gasteiger partial charge in [0.15, 0.2) is 0 Å². The Morgan fingerprint density at radius 1 is 1.08 bits per heavy atom. The van der Waals surface area contributed by atoms with E-state index in [4.69, 9.17) is 10.5 Å². The van der Waals surface area contributed by atoms with Crippen LogP contribution in [-0.4, -0.2) is 48.3 Å². The van der Waals surface area contributed by atoms with Crippen molar-refractivity contribution in [2.45, 2.75) is 37.8 Å². The number of aliphatic hydroxyl groups excluding tert-OH is 1. The molecule has 0 aromatic heterocycles. The third kappa shape index (κ3) is 4.94. The fraction of sp³-hybridized carbons (Fsp3) is 0.632. The van der Waals surface area contributed by atoms with E-state index in [1.54, 1.807) is 0 Å². The number of hydrogen-bond donors (Lipinski definition) is 2. The first-order chi connectivity index (χ1) is 11.7. The van der Waals surface area contributed by atoms with Crippen LogP contribution >= 0.6 is 12.4 Å². The maximum absolute atomic E-state index is 12.6. The number of amides is 1. The van der Waals surface area contributed by atoms with E-state index in [2.05, 4.69) is 0 Å². The molecule has 3 rings (SSSR count). The summed E-state index contributed by atoms with van der Waals surface area (Å²) in [6.07, 6.45) is 2.93. The highest BCUT2D eigenvalue weighted by Crippen LogP contribution is 2.31. The van der Waals surface area contributed by atoms with Crippen LogP contribution in [0, 0.1) is 11.8 Å².